The van der Waals surface area contributed by atoms with Crippen molar-refractivity contribution < 1.29 is 32.4 Å². The zero-order valence-electron chi connectivity index (χ0n) is 14.3. The van der Waals surface area contributed by atoms with Crippen molar-refractivity contribution in [3.8, 4) is 11.5 Å². The number of anilines is 1. The lowest BCUT2D eigenvalue weighted by Gasteiger charge is -2.10. The van der Waals surface area contributed by atoms with Crippen LogP contribution in [0.25, 0.3) is 6.08 Å². The highest BCUT2D eigenvalue weighted by molar-refractivity contribution is 6.34. The van der Waals surface area contributed by atoms with Gasteiger partial charge in [-0.15, -0.1) is 0 Å². The predicted octanol–water partition coefficient (Wildman–Crippen LogP) is 3.67. The number of para-hydroxylation sites is 1. The number of hydrazone groups is 1. The van der Waals surface area contributed by atoms with Gasteiger partial charge < -0.3 is 9.47 Å². The molecule has 2 aliphatic heterocycles. The highest BCUT2D eigenvalue weighted by Crippen LogP contribution is 2.40. The second kappa shape index (κ2) is 6.62. The first-order valence-corrected chi connectivity index (χ1v) is 8.11. The van der Waals surface area contributed by atoms with Crippen molar-refractivity contribution in [3.63, 3.8) is 0 Å². The fourth-order valence-electron chi connectivity index (χ4n) is 2.87. The summed E-state index contributed by atoms with van der Waals surface area (Å²) in [7, 11) is 0. The van der Waals surface area contributed by atoms with Crippen LogP contribution in [0.2, 0.25) is 0 Å². The van der Waals surface area contributed by atoms with E-state index in [0.717, 1.165) is 18.2 Å². The van der Waals surface area contributed by atoms with Gasteiger partial charge in [-0.3, -0.25) is 14.9 Å². The van der Waals surface area contributed by atoms with E-state index in [2.05, 4.69) is 5.10 Å². The maximum Gasteiger partial charge on any atom is 0.435 e. The highest BCUT2D eigenvalue weighted by atomic mass is 19.4. The van der Waals surface area contributed by atoms with Gasteiger partial charge in [0.05, 0.1) is 27.8 Å². The van der Waals surface area contributed by atoms with Gasteiger partial charge in [0.1, 0.15) is 0 Å². The molecule has 0 saturated heterocycles. The summed E-state index contributed by atoms with van der Waals surface area (Å²) < 4.78 is 50.8. The Morgan fingerprint density at radius 1 is 1.14 bits per heavy atom. The summed E-state index contributed by atoms with van der Waals surface area (Å²) >= 11 is 0. The minimum atomic E-state index is -4.95. The molecule has 0 aliphatic carbocycles. The fourth-order valence-corrected chi connectivity index (χ4v) is 2.87. The first-order chi connectivity index (χ1) is 13.8. The lowest BCUT2D eigenvalue weighted by molar-refractivity contribution is -0.385. The molecule has 1 amide bonds. The molecule has 2 aromatic rings. The van der Waals surface area contributed by atoms with E-state index in [1.165, 1.54) is 24.3 Å². The van der Waals surface area contributed by atoms with Gasteiger partial charge >= 0.3 is 6.18 Å². The van der Waals surface area contributed by atoms with Crippen LogP contribution >= 0.6 is 0 Å². The van der Waals surface area contributed by atoms with Crippen molar-refractivity contribution in [2.75, 3.05) is 11.8 Å². The van der Waals surface area contributed by atoms with Crippen molar-refractivity contribution in [2.24, 2.45) is 5.10 Å². The number of amides is 1. The SMILES string of the molecule is O=C1/C(=C\c2cc3c(cc2[N+](=O)[O-])OCO3)C(C(F)(F)F)=NN1c1ccccc1. The molecule has 2 aliphatic rings. The number of nitro groups is 1. The number of hydrogen-bond acceptors (Lipinski definition) is 6. The summed E-state index contributed by atoms with van der Waals surface area (Å²) in [6, 6.07) is 9.73. The minimum Gasteiger partial charge on any atom is -0.454 e. The van der Waals surface area contributed by atoms with Gasteiger partial charge in [0.25, 0.3) is 11.6 Å². The number of carbonyl (C=O) groups excluding carboxylic acids is 1. The topological polar surface area (TPSA) is 94.3 Å². The number of fused-ring (bicyclic) bond motifs is 1. The van der Waals surface area contributed by atoms with Gasteiger partial charge in [0.15, 0.2) is 17.2 Å². The van der Waals surface area contributed by atoms with Crippen LogP contribution < -0.4 is 14.5 Å². The summed E-state index contributed by atoms with van der Waals surface area (Å²) in [6.07, 6.45) is -4.16. The lowest BCUT2D eigenvalue weighted by atomic mass is 10.0. The van der Waals surface area contributed by atoms with E-state index in [4.69, 9.17) is 9.47 Å². The van der Waals surface area contributed by atoms with Gasteiger partial charge in [0.2, 0.25) is 6.79 Å². The number of carbonyl (C=O) groups is 1. The molecule has 0 aromatic heterocycles. The van der Waals surface area contributed by atoms with Crippen LogP contribution in [0.15, 0.2) is 53.1 Å². The molecule has 0 bridgehead atoms. The van der Waals surface area contributed by atoms with E-state index in [1.54, 1.807) is 6.07 Å². The first kappa shape index (κ1) is 18.5. The Kier molecular flexibility index (Phi) is 4.22. The van der Waals surface area contributed by atoms with E-state index in [1.807, 2.05) is 0 Å². The molecule has 0 fully saturated rings. The predicted molar refractivity (Wildman–Crippen MR) is 94.6 cm³/mol. The smallest absolute Gasteiger partial charge is 0.435 e. The Hall–Kier alpha value is -3.89. The number of ether oxygens (including phenoxy) is 2. The molecule has 0 radical (unpaired) electrons. The molecule has 8 nitrogen and oxygen atoms in total. The summed E-state index contributed by atoms with van der Waals surface area (Å²) in [5.74, 6) is -0.846. The third kappa shape index (κ3) is 3.26. The number of halogens is 3. The summed E-state index contributed by atoms with van der Waals surface area (Å²) in [4.78, 5) is 23.3. The minimum absolute atomic E-state index is 0.0900. The molecule has 0 saturated carbocycles. The Bertz CT molecular complexity index is 1080. The maximum atomic E-state index is 13.5. The third-order valence-electron chi connectivity index (χ3n) is 4.17. The zero-order valence-corrected chi connectivity index (χ0v) is 14.3. The third-order valence-corrected chi connectivity index (χ3v) is 4.17. The largest absolute Gasteiger partial charge is 0.454 e. The van der Waals surface area contributed by atoms with Crippen LogP contribution in [0.1, 0.15) is 5.56 Å². The second-order valence-corrected chi connectivity index (χ2v) is 5.98. The average molecular weight is 405 g/mol. The molecular weight excluding hydrogens is 395 g/mol. The Balaban J connectivity index is 1.85. The van der Waals surface area contributed by atoms with E-state index < -0.39 is 34.0 Å². The van der Waals surface area contributed by atoms with Crippen molar-refractivity contribution >= 4 is 29.1 Å². The van der Waals surface area contributed by atoms with Gasteiger partial charge in [0, 0.05) is 0 Å². The van der Waals surface area contributed by atoms with Gasteiger partial charge in [-0.1, -0.05) is 18.2 Å². The van der Waals surface area contributed by atoms with Crippen LogP contribution in [0, 0.1) is 10.1 Å². The van der Waals surface area contributed by atoms with Crippen LogP contribution in [0.4, 0.5) is 24.5 Å². The van der Waals surface area contributed by atoms with Crippen molar-refractivity contribution in [2.45, 2.75) is 6.18 Å². The Labute approximate surface area is 160 Å². The maximum absolute atomic E-state index is 13.5. The van der Waals surface area contributed by atoms with E-state index in [9.17, 15) is 28.1 Å². The van der Waals surface area contributed by atoms with Crippen molar-refractivity contribution in [1.82, 2.24) is 0 Å². The molecular formula is C18H10F3N3O5. The highest BCUT2D eigenvalue weighted by Gasteiger charge is 2.47. The van der Waals surface area contributed by atoms with E-state index in [0.29, 0.717) is 5.01 Å². The van der Waals surface area contributed by atoms with Crippen LogP contribution in [-0.4, -0.2) is 29.5 Å². The fraction of sp³-hybridized carbons (Fsp3) is 0.111. The summed E-state index contributed by atoms with van der Waals surface area (Å²) in [5, 5.41) is 15.4. The molecule has 0 N–H and O–H groups in total. The Morgan fingerprint density at radius 3 is 2.41 bits per heavy atom. The molecule has 29 heavy (non-hydrogen) atoms. The molecule has 2 aromatic carbocycles. The van der Waals surface area contributed by atoms with Crippen LogP contribution in [0.3, 0.4) is 0 Å². The van der Waals surface area contributed by atoms with Gasteiger partial charge in [-0.25, -0.2) is 0 Å². The number of rotatable bonds is 3. The van der Waals surface area contributed by atoms with Crippen molar-refractivity contribution in [1.29, 1.82) is 0 Å². The second-order valence-electron chi connectivity index (χ2n) is 5.98. The quantitative estimate of drug-likeness (QED) is 0.441. The monoisotopic (exact) mass is 405 g/mol. The molecule has 148 valence electrons. The molecule has 0 atom stereocenters. The van der Waals surface area contributed by atoms with Crippen LogP contribution in [0.5, 0.6) is 11.5 Å². The number of nitro benzene ring substituents is 1. The zero-order chi connectivity index (χ0) is 20.8. The molecule has 0 unspecified atom stereocenters. The average Bonchev–Trinajstić information content (AvgIpc) is 3.26. The number of hydrogen-bond donors (Lipinski definition) is 0. The van der Waals surface area contributed by atoms with Crippen LogP contribution in [-0.2, 0) is 4.79 Å². The molecule has 11 heteroatoms. The number of alkyl halides is 3. The number of benzene rings is 2. The first-order valence-electron chi connectivity index (χ1n) is 8.11. The Morgan fingerprint density at radius 2 is 1.79 bits per heavy atom. The number of nitrogens with zero attached hydrogens (tertiary/aromatic N) is 3. The molecule has 0 spiro atoms. The van der Waals surface area contributed by atoms with Gasteiger partial charge in [-0.2, -0.15) is 23.3 Å². The molecule has 4 rings (SSSR count). The lowest BCUT2D eigenvalue weighted by Crippen LogP contribution is -2.25. The molecule has 2 heterocycles. The van der Waals surface area contributed by atoms with Crippen molar-refractivity contribution in [3.05, 3.63) is 63.7 Å². The van der Waals surface area contributed by atoms with Gasteiger partial charge in [-0.05, 0) is 24.3 Å². The normalized spacial score (nSPS) is 17.1. The standard InChI is InChI=1S/C18H10F3N3O5/c19-18(20,21)16-12(17(25)23(22-16)11-4-2-1-3-5-11)6-10-7-14-15(29-9-28-14)8-13(10)24(26)27/h1-8H,9H2/b12-6-. The summed E-state index contributed by atoms with van der Waals surface area (Å²) in [6.45, 7) is -0.178. The van der Waals surface area contributed by atoms with E-state index >= 15 is 0 Å². The summed E-state index contributed by atoms with van der Waals surface area (Å²) in [5.41, 5.74) is -2.91. The van der Waals surface area contributed by atoms with E-state index in [-0.39, 0.29) is 29.5 Å².